The molecule has 0 radical (unpaired) electrons. The minimum atomic E-state index is -0.389. The van der Waals surface area contributed by atoms with Gasteiger partial charge in [-0.15, -0.1) is 0 Å². The first-order chi connectivity index (χ1) is 13.0. The van der Waals surface area contributed by atoms with Gasteiger partial charge in [0.1, 0.15) is 0 Å². The normalized spacial score (nSPS) is 19.0. The van der Waals surface area contributed by atoms with Gasteiger partial charge in [-0.1, -0.05) is 0 Å². The highest BCUT2D eigenvalue weighted by Gasteiger charge is 2.26. The summed E-state index contributed by atoms with van der Waals surface area (Å²) < 4.78 is 10.6. The highest BCUT2D eigenvalue weighted by molar-refractivity contribution is 6.00. The van der Waals surface area contributed by atoms with Crippen LogP contribution in [0.1, 0.15) is 24.2 Å². The summed E-state index contributed by atoms with van der Waals surface area (Å²) in [5.74, 6) is 1.19. The second-order valence-electron chi connectivity index (χ2n) is 7.04. The van der Waals surface area contributed by atoms with Crippen molar-refractivity contribution in [2.45, 2.75) is 26.1 Å². The minimum absolute atomic E-state index is 0.0287. The lowest BCUT2D eigenvalue weighted by Gasteiger charge is -2.32. The number of nitrogens with one attached hydrogen (secondary N) is 2. The number of hydrogen-bond acceptors (Lipinski definition) is 7. The van der Waals surface area contributed by atoms with E-state index in [9.17, 15) is 9.59 Å². The summed E-state index contributed by atoms with van der Waals surface area (Å²) >= 11 is 0. The predicted molar refractivity (Wildman–Crippen MR) is 101 cm³/mol. The first-order valence-electron chi connectivity index (χ1n) is 9.34. The van der Waals surface area contributed by atoms with Crippen LogP contribution < -0.4 is 20.1 Å². The van der Waals surface area contributed by atoms with Gasteiger partial charge in [0.05, 0.1) is 18.8 Å². The molecule has 8 heteroatoms. The number of likely N-dealkylation sites (N-methyl/N-ethyl adjacent to an activating group) is 1. The molecule has 1 aromatic carbocycles. The van der Waals surface area contributed by atoms with E-state index in [2.05, 4.69) is 15.5 Å². The Morgan fingerprint density at radius 2 is 1.93 bits per heavy atom. The Kier molecular flexibility index (Phi) is 6.30. The molecule has 0 aliphatic carbocycles. The Bertz CT molecular complexity index is 690. The van der Waals surface area contributed by atoms with E-state index in [0.29, 0.717) is 23.6 Å². The van der Waals surface area contributed by atoms with Crippen molar-refractivity contribution in [3.8, 4) is 11.5 Å². The van der Waals surface area contributed by atoms with Crippen LogP contribution in [-0.2, 0) is 4.79 Å². The molecule has 1 aromatic rings. The van der Waals surface area contributed by atoms with Gasteiger partial charge in [-0.2, -0.15) is 0 Å². The lowest BCUT2D eigenvalue weighted by molar-refractivity contribution is -0.124. The van der Waals surface area contributed by atoms with Gasteiger partial charge in [-0.3, -0.25) is 19.4 Å². The molecule has 0 spiro atoms. The molecule has 2 aliphatic rings. The van der Waals surface area contributed by atoms with Crippen LogP contribution in [0.25, 0.3) is 0 Å². The number of nitrogens with zero attached hydrogens (tertiary/aromatic N) is 2. The van der Waals surface area contributed by atoms with Crippen molar-refractivity contribution < 1.29 is 19.1 Å². The number of hydrogen-bond donors (Lipinski definition) is 2. The van der Waals surface area contributed by atoms with E-state index in [1.54, 1.807) is 18.2 Å². The van der Waals surface area contributed by atoms with Gasteiger partial charge in [-0.25, -0.2) is 0 Å². The summed E-state index contributed by atoms with van der Waals surface area (Å²) in [5.41, 5.74) is 0.568. The quantitative estimate of drug-likeness (QED) is 0.523. The Hall–Kier alpha value is -2.16. The third-order valence-corrected chi connectivity index (χ3v) is 5.21. The van der Waals surface area contributed by atoms with E-state index >= 15 is 0 Å². The summed E-state index contributed by atoms with van der Waals surface area (Å²) in [6, 6.07) is 4.82. The van der Waals surface area contributed by atoms with Gasteiger partial charge in [0.2, 0.25) is 12.7 Å². The van der Waals surface area contributed by atoms with Crippen LogP contribution in [0.5, 0.6) is 11.5 Å². The van der Waals surface area contributed by atoms with Gasteiger partial charge >= 0.3 is 0 Å². The summed E-state index contributed by atoms with van der Waals surface area (Å²) in [5, 5.41) is 6.25. The topological polar surface area (TPSA) is 83.1 Å². The van der Waals surface area contributed by atoms with Crippen molar-refractivity contribution in [3.63, 3.8) is 0 Å². The molecule has 2 heterocycles. The average molecular weight is 376 g/mol. The zero-order valence-corrected chi connectivity index (χ0v) is 16.2. The van der Waals surface area contributed by atoms with Gasteiger partial charge in [-0.05, 0) is 39.1 Å². The number of ketones is 1. The summed E-state index contributed by atoms with van der Waals surface area (Å²) in [7, 11) is 1.84. The summed E-state index contributed by atoms with van der Waals surface area (Å²) in [6.45, 7) is 7.84. The molecule has 2 N–H and O–H groups in total. The number of piperazine rings is 1. The van der Waals surface area contributed by atoms with Gasteiger partial charge in [0, 0.05) is 31.7 Å². The Morgan fingerprint density at radius 3 is 2.67 bits per heavy atom. The highest BCUT2D eigenvalue weighted by Crippen LogP contribution is 2.33. The molecule has 2 unspecified atom stereocenters. The molecule has 1 amide bonds. The second kappa shape index (κ2) is 8.69. The van der Waals surface area contributed by atoms with E-state index in [1.165, 1.54) is 0 Å². The fourth-order valence-corrected chi connectivity index (χ4v) is 3.26. The van der Waals surface area contributed by atoms with Gasteiger partial charge in [0.25, 0.3) is 0 Å². The third-order valence-electron chi connectivity index (χ3n) is 5.21. The maximum Gasteiger partial charge on any atom is 0.235 e. The zero-order chi connectivity index (χ0) is 19.4. The molecule has 2 aliphatic heterocycles. The number of rotatable bonds is 7. The Balaban J connectivity index is 1.54. The van der Waals surface area contributed by atoms with Crippen molar-refractivity contribution in [1.82, 2.24) is 20.4 Å². The smallest absolute Gasteiger partial charge is 0.235 e. The van der Waals surface area contributed by atoms with Crippen molar-refractivity contribution in [3.05, 3.63) is 23.8 Å². The second-order valence-corrected chi connectivity index (χ2v) is 7.04. The van der Waals surface area contributed by atoms with E-state index in [4.69, 9.17) is 9.47 Å². The van der Waals surface area contributed by atoms with Crippen molar-refractivity contribution in [2.75, 3.05) is 46.6 Å². The number of ether oxygens (including phenoxy) is 2. The van der Waals surface area contributed by atoms with Crippen LogP contribution >= 0.6 is 0 Å². The first kappa shape index (κ1) is 19.6. The average Bonchev–Trinajstić information content (AvgIpc) is 3.14. The molecule has 27 heavy (non-hydrogen) atoms. The molecule has 3 rings (SSSR count). The van der Waals surface area contributed by atoms with Gasteiger partial charge in [0.15, 0.2) is 17.3 Å². The highest BCUT2D eigenvalue weighted by atomic mass is 16.7. The summed E-state index contributed by atoms with van der Waals surface area (Å²) in [6.07, 6.45) is -0.256. The molecule has 1 saturated heterocycles. The minimum Gasteiger partial charge on any atom is -0.454 e. The SMILES string of the molecule is CC(NC(=O)CN1CCNCC1)N(C)C(C)C(=O)c1ccc2c(c1)OCO2. The van der Waals surface area contributed by atoms with Crippen LogP contribution in [0.15, 0.2) is 18.2 Å². The van der Waals surface area contributed by atoms with Crippen LogP contribution in [0.2, 0.25) is 0 Å². The third kappa shape index (κ3) is 4.77. The van der Waals surface area contributed by atoms with E-state index < -0.39 is 0 Å². The first-order valence-corrected chi connectivity index (χ1v) is 9.34. The van der Waals surface area contributed by atoms with Gasteiger partial charge < -0.3 is 20.1 Å². The van der Waals surface area contributed by atoms with Crippen LogP contribution in [0, 0.1) is 0 Å². The largest absolute Gasteiger partial charge is 0.454 e. The number of carbonyl (C=O) groups is 2. The van der Waals surface area contributed by atoms with Crippen LogP contribution in [-0.4, -0.2) is 80.3 Å². The van der Waals surface area contributed by atoms with Crippen molar-refractivity contribution >= 4 is 11.7 Å². The number of carbonyl (C=O) groups excluding carboxylic acids is 2. The fourth-order valence-electron chi connectivity index (χ4n) is 3.26. The molecule has 0 aromatic heterocycles. The Morgan fingerprint density at radius 1 is 1.22 bits per heavy atom. The zero-order valence-electron chi connectivity index (χ0n) is 16.2. The standard InChI is InChI=1S/C19H28N4O4/c1-13(19(25)15-4-5-16-17(10-15)27-12-26-16)22(3)14(2)21-18(24)11-23-8-6-20-7-9-23/h4-5,10,13-14,20H,6-9,11-12H2,1-3H3,(H,21,24). The number of Topliss-reactive ketones (excluding diaryl/α,β-unsaturated/α-hetero) is 1. The lowest BCUT2D eigenvalue weighted by Crippen LogP contribution is -2.53. The lowest BCUT2D eigenvalue weighted by atomic mass is 10.0. The maximum atomic E-state index is 12.8. The Labute approximate surface area is 159 Å². The number of amides is 1. The molecule has 0 saturated carbocycles. The monoisotopic (exact) mass is 376 g/mol. The molecule has 0 bridgehead atoms. The number of fused-ring (bicyclic) bond motifs is 1. The maximum absolute atomic E-state index is 12.8. The molecular weight excluding hydrogens is 348 g/mol. The predicted octanol–water partition coefficient (Wildman–Crippen LogP) is 0.286. The van der Waals surface area contributed by atoms with Crippen LogP contribution in [0.3, 0.4) is 0 Å². The molecule has 1 fully saturated rings. The van der Waals surface area contributed by atoms with E-state index in [1.807, 2.05) is 25.8 Å². The van der Waals surface area contributed by atoms with Crippen LogP contribution in [0.4, 0.5) is 0 Å². The van der Waals surface area contributed by atoms with Crippen molar-refractivity contribution in [2.24, 2.45) is 0 Å². The van der Waals surface area contributed by atoms with Crippen molar-refractivity contribution in [1.29, 1.82) is 0 Å². The number of benzene rings is 1. The fraction of sp³-hybridized carbons (Fsp3) is 0.579. The molecule has 8 nitrogen and oxygen atoms in total. The molecule has 148 valence electrons. The van der Waals surface area contributed by atoms with E-state index in [0.717, 1.165) is 26.2 Å². The summed E-state index contributed by atoms with van der Waals surface area (Å²) in [4.78, 5) is 29.1. The molecule has 2 atom stereocenters. The van der Waals surface area contributed by atoms with E-state index in [-0.39, 0.29) is 30.7 Å². The molecular formula is C19H28N4O4.